The highest BCUT2D eigenvalue weighted by Gasteiger charge is 2.27. The number of hydrogen-bond acceptors (Lipinski definition) is 5. The van der Waals surface area contributed by atoms with Crippen LogP contribution in [-0.4, -0.2) is 73.4 Å². The molecule has 0 aliphatic carbocycles. The predicted molar refractivity (Wildman–Crippen MR) is 304 cm³/mol. The number of hydrogen-bond donors (Lipinski definition) is 3. The molecule has 0 aromatic heterocycles. The van der Waals surface area contributed by atoms with Crippen LogP contribution in [0.3, 0.4) is 0 Å². The first-order valence-electron chi connectivity index (χ1n) is 27.9. The molecule has 0 rings (SSSR count). The number of quaternary nitrogens is 1. The van der Waals surface area contributed by atoms with Crippen LogP contribution in [0.15, 0.2) is 122 Å². The summed E-state index contributed by atoms with van der Waals surface area (Å²) < 4.78 is 23.6. The van der Waals surface area contributed by atoms with Gasteiger partial charge in [-0.05, 0) is 103 Å². The van der Waals surface area contributed by atoms with Gasteiger partial charge in [0.25, 0.3) is 0 Å². The van der Waals surface area contributed by atoms with Crippen molar-refractivity contribution >= 4 is 13.7 Å². The van der Waals surface area contributed by atoms with Crippen molar-refractivity contribution in [2.24, 2.45) is 0 Å². The Morgan fingerprint density at radius 2 is 0.871 bits per heavy atom. The zero-order valence-electron chi connectivity index (χ0n) is 45.5. The largest absolute Gasteiger partial charge is 0.472 e. The van der Waals surface area contributed by atoms with E-state index in [1.807, 2.05) is 27.2 Å². The summed E-state index contributed by atoms with van der Waals surface area (Å²) >= 11 is 0. The highest BCUT2D eigenvalue weighted by molar-refractivity contribution is 7.47. The van der Waals surface area contributed by atoms with Crippen LogP contribution in [0.25, 0.3) is 0 Å². The van der Waals surface area contributed by atoms with Crippen molar-refractivity contribution in [3.05, 3.63) is 122 Å². The van der Waals surface area contributed by atoms with E-state index < -0.39 is 20.0 Å². The molecule has 0 aliphatic rings. The minimum atomic E-state index is -4.36. The van der Waals surface area contributed by atoms with Crippen molar-refractivity contribution in [3.63, 3.8) is 0 Å². The van der Waals surface area contributed by atoms with Gasteiger partial charge in [-0.15, -0.1) is 0 Å². The monoisotopic (exact) mass is 994 g/mol. The van der Waals surface area contributed by atoms with Gasteiger partial charge in [0.15, 0.2) is 0 Å². The Bertz CT molecular complexity index is 1550. The van der Waals surface area contributed by atoms with Crippen LogP contribution in [0.5, 0.6) is 0 Å². The zero-order valence-corrected chi connectivity index (χ0v) is 46.4. The van der Waals surface area contributed by atoms with Crippen molar-refractivity contribution < 1.29 is 32.9 Å². The normalized spacial score (nSPS) is 14.9. The second-order valence-electron chi connectivity index (χ2n) is 19.6. The highest BCUT2D eigenvalue weighted by Crippen LogP contribution is 2.43. The lowest BCUT2D eigenvalue weighted by molar-refractivity contribution is -0.870. The van der Waals surface area contributed by atoms with Gasteiger partial charge in [-0.1, -0.05) is 219 Å². The Hall–Kier alpha value is -3.10. The van der Waals surface area contributed by atoms with Crippen LogP contribution in [0.4, 0.5) is 0 Å². The quantitative estimate of drug-likeness (QED) is 0.0243. The number of unbranched alkanes of at least 4 members (excludes halogenated alkanes) is 18. The Morgan fingerprint density at radius 3 is 1.31 bits per heavy atom. The lowest BCUT2D eigenvalue weighted by Crippen LogP contribution is -2.45. The SMILES string of the molecule is CC/C=C\C/C=C\C/C=C\C/C=C\C/C=C\C/C=C\C/C=C\CCCCCCCCCCCCCCCC(=O)NC(COP(=O)(O)OCC[N+](C)(C)C)C(O)/C=C/CC/C=C/CC/C=C/CCCCC. The molecular weight excluding hydrogens is 888 g/mol. The van der Waals surface area contributed by atoms with Crippen molar-refractivity contribution in [2.75, 3.05) is 40.9 Å². The number of carbonyl (C=O) groups is 1. The van der Waals surface area contributed by atoms with E-state index in [4.69, 9.17) is 9.05 Å². The summed E-state index contributed by atoms with van der Waals surface area (Å²) in [6.07, 6.45) is 75.9. The molecule has 0 spiro atoms. The van der Waals surface area contributed by atoms with Gasteiger partial charge in [0.1, 0.15) is 13.2 Å². The predicted octanol–water partition coefficient (Wildman–Crippen LogP) is 17.0. The summed E-state index contributed by atoms with van der Waals surface area (Å²) in [6, 6.07) is -0.877. The van der Waals surface area contributed by atoms with E-state index in [9.17, 15) is 19.4 Å². The Balaban J connectivity index is 4.13. The summed E-state index contributed by atoms with van der Waals surface area (Å²) in [6.45, 7) is 4.62. The molecule has 0 saturated carbocycles. The van der Waals surface area contributed by atoms with Gasteiger partial charge in [0.05, 0.1) is 39.9 Å². The number of phosphoric acid groups is 1. The molecule has 0 bridgehead atoms. The van der Waals surface area contributed by atoms with Gasteiger partial charge in [0.2, 0.25) is 5.91 Å². The molecule has 3 atom stereocenters. The van der Waals surface area contributed by atoms with Gasteiger partial charge < -0.3 is 19.8 Å². The molecule has 0 fully saturated rings. The van der Waals surface area contributed by atoms with E-state index in [0.29, 0.717) is 17.4 Å². The van der Waals surface area contributed by atoms with Crippen molar-refractivity contribution in [1.82, 2.24) is 5.32 Å². The van der Waals surface area contributed by atoms with Crippen molar-refractivity contribution in [1.29, 1.82) is 0 Å². The van der Waals surface area contributed by atoms with E-state index in [1.165, 1.54) is 89.9 Å². The van der Waals surface area contributed by atoms with Crippen LogP contribution < -0.4 is 5.32 Å². The molecule has 400 valence electrons. The fraction of sp³-hybridized carbons (Fsp3) is 0.656. The minimum absolute atomic E-state index is 0.0479. The van der Waals surface area contributed by atoms with E-state index in [1.54, 1.807) is 6.08 Å². The van der Waals surface area contributed by atoms with Gasteiger partial charge in [-0.2, -0.15) is 0 Å². The Kier molecular flexibility index (Phi) is 48.6. The van der Waals surface area contributed by atoms with E-state index in [0.717, 1.165) is 96.3 Å². The number of amides is 1. The second kappa shape index (κ2) is 50.8. The molecular formula is C61H106N2O6P+. The van der Waals surface area contributed by atoms with Crippen molar-refractivity contribution in [2.45, 2.75) is 219 Å². The molecule has 9 heteroatoms. The Labute approximate surface area is 431 Å². The number of carbonyl (C=O) groups excluding carboxylic acids is 1. The molecule has 3 N–H and O–H groups in total. The molecule has 3 unspecified atom stereocenters. The summed E-state index contributed by atoms with van der Waals surface area (Å²) in [5, 5.41) is 13.8. The van der Waals surface area contributed by atoms with E-state index >= 15 is 0 Å². The number of likely N-dealkylation sites (N-methyl/N-ethyl adjacent to an activating group) is 1. The number of aliphatic hydroxyl groups excluding tert-OH is 1. The molecule has 0 aromatic carbocycles. The van der Waals surface area contributed by atoms with Gasteiger partial charge in [0, 0.05) is 6.42 Å². The molecule has 0 aliphatic heterocycles. The standard InChI is InChI=1S/C61H105N2O6P/c1-6-8-10-12-14-16-18-20-21-22-23-24-25-26-27-28-29-30-31-32-33-34-35-36-37-38-39-40-41-43-45-47-49-51-53-55-61(65)62-59(58-69-70(66,67)68-57-56-63(3,4)5)60(64)54-52-50-48-46-44-42-19-17-15-13-11-9-7-2/h8,10,14-17,20-21,23-24,26-27,29-30,32-33,44,46,52,54,59-60,64H,6-7,9,11-13,18-19,22,25,28,31,34-43,45,47-51,53,55-58H2,1-5H3,(H-,62,65,66,67)/p+1/b10-8-,16-14-,17-15+,21-20-,24-23-,27-26-,30-29-,33-32-,46-44+,54-52+. The lowest BCUT2D eigenvalue weighted by atomic mass is 10.0. The number of nitrogens with one attached hydrogen (secondary N) is 1. The molecule has 0 saturated heterocycles. The first-order valence-corrected chi connectivity index (χ1v) is 29.4. The van der Waals surface area contributed by atoms with E-state index in [2.05, 4.69) is 129 Å². The maximum atomic E-state index is 12.9. The summed E-state index contributed by atoms with van der Waals surface area (Å²) in [5.74, 6) is -0.199. The first kappa shape index (κ1) is 66.9. The minimum Gasteiger partial charge on any atom is -0.387 e. The van der Waals surface area contributed by atoms with Crippen LogP contribution in [0, 0.1) is 0 Å². The maximum Gasteiger partial charge on any atom is 0.472 e. The van der Waals surface area contributed by atoms with E-state index in [-0.39, 0.29) is 19.1 Å². The third-order valence-corrected chi connectivity index (χ3v) is 12.6. The fourth-order valence-corrected chi connectivity index (χ4v) is 8.02. The molecule has 1 amide bonds. The average molecular weight is 995 g/mol. The number of aliphatic hydroxyl groups is 1. The third-order valence-electron chi connectivity index (χ3n) is 11.6. The van der Waals surface area contributed by atoms with Crippen LogP contribution in [-0.2, 0) is 18.4 Å². The molecule has 70 heavy (non-hydrogen) atoms. The van der Waals surface area contributed by atoms with Gasteiger partial charge in [-0.3, -0.25) is 13.8 Å². The fourth-order valence-electron chi connectivity index (χ4n) is 7.29. The van der Waals surface area contributed by atoms with Crippen LogP contribution in [0.1, 0.15) is 206 Å². The molecule has 0 heterocycles. The van der Waals surface area contributed by atoms with Crippen LogP contribution in [0.2, 0.25) is 0 Å². The average Bonchev–Trinajstić information content (AvgIpc) is 3.32. The summed E-state index contributed by atoms with van der Waals surface area (Å²) in [7, 11) is 1.53. The second-order valence-corrected chi connectivity index (χ2v) is 21.0. The maximum absolute atomic E-state index is 12.9. The topological polar surface area (TPSA) is 105 Å². The summed E-state index contributed by atoms with van der Waals surface area (Å²) in [4.78, 5) is 23.2. The first-order chi connectivity index (χ1) is 34.0. The number of phosphoric ester groups is 1. The number of nitrogens with zero attached hydrogens (tertiary/aromatic N) is 1. The lowest BCUT2D eigenvalue weighted by Gasteiger charge is -2.25. The zero-order chi connectivity index (χ0) is 51.3. The Morgan fingerprint density at radius 1 is 0.500 bits per heavy atom. The van der Waals surface area contributed by atoms with Gasteiger partial charge >= 0.3 is 7.82 Å². The molecule has 0 aromatic rings. The highest BCUT2D eigenvalue weighted by atomic mass is 31.2. The third kappa shape index (κ3) is 52.7. The smallest absolute Gasteiger partial charge is 0.387 e. The molecule has 0 radical (unpaired) electrons. The number of allylic oxidation sites excluding steroid dienone is 19. The van der Waals surface area contributed by atoms with Crippen molar-refractivity contribution in [3.8, 4) is 0 Å². The summed E-state index contributed by atoms with van der Waals surface area (Å²) in [5.41, 5.74) is 0. The molecule has 8 nitrogen and oxygen atoms in total. The van der Waals surface area contributed by atoms with Crippen LogP contribution >= 0.6 is 7.82 Å². The number of rotatable bonds is 49. The van der Waals surface area contributed by atoms with Gasteiger partial charge in [-0.25, -0.2) is 4.57 Å².